The molecule has 22 heavy (non-hydrogen) atoms. The summed E-state index contributed by atoms with van der Waals surface area (Å²) in [6.07, 6.45) is 2.72. The van der Waals surface area contributed by atoms with Crippen LogP contribution in [0.4, 0.5) is 8.78 Å². The van der Waals surface area contributed by atoms with E-state index in [1.165, 1.54) is 22.9 Å². The first-order chi connectivity index (χ1) is 10.5. The van der Waals surface area contributed by atoms with E-state index in [1.807, 2.05) is 0 Å². The number of allylic oxidation sites excluding steroid dienone is 5. The maximum Gasteiger partial charge on any atom is 0.240 e. The third kappa shape index (κ3) is 3.20. The van der Waals surface area contributed by atoms with Crippen molar-refractivity contribution in [3.05, 3.63) is 42.0 Å². The number of rotatable bonds is 5. The van der Waals surface area contributed by atoms with E-state index in [0.29, 0.717) is 5.57 Å². The van der Waals surface area contributed by atoms with Gasteiger partial charge in [-0.25, -0.2) is 22.7 Å². The molecule has 1 aromatic rings. The Balaban J connectivity index is 2.26. The number of hydrogen-bond acceptors (Lipinski definition) is 4. The molecule has 0 aliphatic carbocycles. The molecule has 0 unspecified atom stereocenters. The predicted molar refractivity (Wildman–Crippen MR) is 77.6 cm³/mol. The fraction of sp³-hybridized carbons (Fsp3) is 0.357. The van der Waals surface area contributed by atoms with Gasteiger partial charge in [-0.15, -0.1) is 5.10 Å². The minimum atomic E-state index is -1.68. The maximum atomic E-state index is 14.0. The van der Waals surface area contributed by atoms with E-state index >= 15 is 0 Å². The molecule has 3 atom stereocenters. The lowest BCUT2D eigenvalue weighted by atomic mass is 10.1. The first-order valence-electron chi connectivity index (χ1n) is 6.52. The average molecular weight is 324 g/mol. The van der Waals surface area contributed by atoms with Crippen LogP contribution in [0.1, 0.15) is 31.4 Å². The molecule has 116 valence electrons. The lowest BCUT2D eigenvalue weighted by molar-refractivity contribution is 0.327. The van der Waals surface area contributed by atoms with Crippen molar-refractivity contribution in [2.75, 3.05) is 5.75 Å². The molecule has 8 heteroatoms. The van der Waals surface area contributed by atoms with Crippen molar-refractivity contribution in [2.45, 2.75) is 30.7 Å². The van der Waals surface area contributed by atoms with Crippen LogP contribution >= 0.6 is 0 Å². The van der Waals surface area contributed by atoms with Crippen molar-refractivity contribution < 1.29 is 13.0 Å². The summed E-state index contributed by atoms with van der Waals surface area (Å²) in [7, 11) is -1.68. The molecule has 0 saturated heterocycles. The summed E-state index contributed by atoms with van der Waals surface area (Å²) in [5.74, 6) is -0.615. The number of hydrogen-bond donors (Lipinski definition) is 0. The Hall–Kier alpha value is -2.14. The van der Waals surface area contributed by atoms with Gasteiger partial charge in [0.1, 0.15) is 22.4 Å². The first kappa shape index (κ1) is 16.2. The molecule has 1 aliphatic heterocycles. The number of halogens is 2. The fourth-order valence-electron chi connectivity index (χ4n) is 2.08. The van der Waals surface area contributed by atoms with Crippen LogP contribution in [0.15, 0.2) is 41.4 Å². The summed E-state index contributed by atoms with van der Waals surface area (Å²) < 4.78 is 40.2. The molecule has 2 heterocycles. The summed E-state index contributed by atoms with van der Waals surface area (Å²) >= 11 is 0. The van der Waals surface area contributed by atoms with Crippen LogP contribution < -0.4 is 0 Å². The third-order valence-electron chi connectivity index (χ3n) is 3.20. The summed E-state index contributed by atoms with van der Waals surface area (Å²) in [5.41, 5.74) is 0.473. The van der Waals surface area contributed by atoms with Gasteiger partial charge in [0.05, 0.1) is 12.1 Å². The molecule has 0 aromatic carbocycles. The predicted octanol–water partition coefficient (Wildman–Crippen LogP) is 2.85. The molecule has 0 bridgehead atoms. The Bertz CT molecular complexity index is 717. The van der Waals surface area contributed by atoms with Gasteiger partial charge < -0.3 is 0 Å². The number of alkyl halides is 1. The van der Waals surface area contributed by atoms with Crippen LogP contribution in [0.5, 0.6) is 0 Å². The van der Waals surface area contributed by atoms with E-state index < -0.39 is 28.8 Å². The van der Waals surface area contributed by atoms with Crippen LogP contribution in [0.25, 0.3) is 0 Å². The highest BCUT2D eigenvalue weighted by atomic mass is 32.2. The topological polar surface area (TPSA) is 71.6 Å². The van der Waals surface area contributed by atoms with Crippen molar-refractivity contribution in [1.82, 2.24) is 14.8 Å². The molecule has 1 aliphatic rings. The summed E-state index contributed by atoms with van der Waals surface area (Å²) in [6.45, 7) is 5.36. The highest BCUT2D eigenvalue weighted by Crippen LogP contribution is 2.39. The van der Waals surface area contributed by atoms with E-state index in [-0.39, 0.29) is 23.2 Å². The van der Waals surface area contributed by atoms with Crippen molar-refractivity contribution in [2.24, 2.45) is 0 Å². The van der Waals surface area contributed by atoms with Gasteiger partial charge in [-0.05, 0) is 18.6 Å². The SMILES string of the molecule is C=C(/C=C\C(F)=C/C)[C@@H]1C[C@H](F)c2nc([S@@](=O)CC#N)nn21. The molecule has 0 amide bonds. The van der Waals surface area contributed by atoms with E-state index in [0.717, 1.165) is 0 Å². The monoisotopic (exact) mass is 324 g/mol. The van der Waals surface area contributed by atoms with Crippen molar-refractivity contribution in [1.29, 1.82) is 5.26 Å². The minimum Gasteiger partial charge on any atom is -0.250 e. The molecule has 2 rings (SSSR count). The molecular weight excluding hydrogens is 310 g/mol. The van der Waals surface area contributed by atoms with Crippen LogP contribution in [-0.4, -0.2) is 24.7 Å². The minimum absolute atomic E-state index is 0.0624. The lowest BCUT2D eigenvalue weighted by Crippen LogP contribution is -2.08. The zero-order valence-corrected chi connectivity index (χ0v) is 12.7. The summed E-state index contributed by atoms with van der Waals surface area (Å²) in [6, 6.07) is 1.25. The zero-order valence-electron chi connectivity index (χ0n) is 11.9. The van der Waals surface area contributed by atoms with Crippen LogP contribution in [0.2, 0.25) is 0 Å². The first-order valence-corrected chi connectivity index (χ1v) is 7.84. The van der Waals surface area contributed by atoms with E-state index in [4.69, 9.17) is 5.26 Å². The van der Waals surface area contributed by atoms with E-state index in [2.05, 4.69) is 16.7 Å². The quantitative estimate of drug-likeness (QED) is 0.781. The van der Waals surface area contributed by atoms with E-state index in [1.54, 1.807) is 13.0 Å². The Morgan fingerprint density at radius 1 is 1.64 bits per heavy atom. The molecule has 0 radical (unpaired) electrons. The standard InChI is InChI=1S/C14H14F2N4OS/c1-3-10(15)5-4-9(2)12-8-11(16)13-18-14(19-20(12)13)22(21)7-6-17/h3-5,11-12H,2,7-8H2,1H3/b5-4-,10-3+/t11-,12-,22-/m0/s1. The van der Waals surface area contributed by atoms with Gasteiger partial charge in [0.2, 0.25) is 5.16 Å². The van der Waals surface area contributed by atoms with Gasteiger partial charge in [-0.1, -0.05) is 18.7 Å². The van der Waals surface area contributed by atoms with Crippen LogP contribution in [0, 0.1) is 11.3 Å². The number of nitrogens with zero attached hydrogens (tertiary/aromatic N) is 4. The Morgan fingerprint density at radius 3 is 3.00 bits per heavy atom. The average Bonchev–Trinajstić information content (AvgIpc) is 3.05. The molecule has 0 fully saturated rings. The van der Waals surface area contributed by atoms with Gasteiger partial charge in [0.25, 0.3) is 0 Å². The second-order valence-electron chi connectivity index (χ2n) is 4.65. The van der Waals surface area contributed by atoms with Crippen LogP contribution in [0.3, 0.4) is 0 Å². The largest absolute Gasteiger partial charge is 0.250 e. The molecule has 0 N–H and O–H groups in total. The summed E-state index contributed by atoms with van der Waals surface area (Å²) in [5, 5.41) is 12.5. The Labute approximate surface area is 129 Å². The highest BCUT2D eigenvalue weighted by Gasteiger charge is 2.36. The summed E-state index contributed by atoms with van der Waals surface area (Å²) in [4.78, 5) is 3.91. The number of fused-ring (bicyclic) bond motifs is 1. The third-order valence-corrected chi connectivity index (χ3v) is 4.17. The molecule has 5 nitrogen and oxygen atoms in total. The van der Waals surface area contributed by atoms with Crippen molar-refractivity contribution in [3.8, 4) is 6.07 Å². The van der Waals surface area contributed by atoms with Gasteiger partial charge in [-0.2, -0.15) is 5.26 Å². The Morgan fingerprint density at radius 2 is 2.36 bits per heavy atom. The second kappa shape index (κ2) is 6.75. The van der Waals surface area contributed by atoms with Crippen LogP contribution in [-0.2, 0) is 10.8 Å². The highest BCUT2D eigenvalue weighted by molar-refractivity contribution is 7.85. The van der Waals surface area contributed by atoms with Gasteiger partial charge in [0.15, 0.2) is 12.0 Å². The molecule has 0 saturated carbocycles. The lowest BCUT2D eigenvalue weighted by Gasteiger charge is -2.11. The Kier molecular flexibility index (Phi) is 4.98. The van der Waals surface area contributed by atoms with Gasteiger partial charge in [-0.3, -0.25) is 0 Å². The molecular formula is C14H14F2N4OS. The maximum absolute atomic E-state index is 14.0. The van der Waals surface area contributed by atoms with Crippen molar-refractivity contribution in [3.63, 3.8) is 0 Å². The molecule has 1 aromatic heterocycles. The van der Waals surface area contributed by atoms with Gasteiger partial charge in [0, 0.05) is 6.42 Å². The smallest absolute Gasteiger partial charge is 0.240 e. The molecule has 0 spiro atoms. The van der Waals surface area contributed by atoms with E-state index in [9.17, 15) is 13.0 Å². The number of nitriles is 1. The van der Waals surface area contributed by atoms with Gasteiger partial charge >= 0.3 is 0 Å². The normalized spacial score (nSPS) is 22.5. The number of aromatic nitrogens is 3. The zero-order chi connectivity index (χ0) is 16.3. The van der Waals surface area contributed by atoms with Crippen molar-refractivity contribution >= 4 is 10.8 Å². The second-order valence-corrected chi connectivity index (χ2v) is 5.99. The fourth-order valence-corrected chi connectivity index (χ4v) is 2.70.